The van der Waals surface area contributed by atoms with Crippen molar-refractivity contribution in [2.75, 3.05) is 13.2 Å². The van der Waals surface area contributed by atoms with Gasteiger partial charge in [-0.2, -0.15) is 8.78 Å². The zero-order valence-electron chi connectivity index (χ0n) is 17.9. The van der Waals surface area contributed by atoms with Gasteiger partial charge in [-0.1, -0.05) is 30.3 Å². The maximum atomic E-state index is 12.6. The Kier molecular flexibility index (Phi) is 8.65. The minimum atomic E-state index is -2.88. The molecule has 172 valence electrons. The Morgan fingerprint density at radius 2 is 1.97 bits per heavy atom. The molecule has 2 aromatic rings. The van der Waals surface area contributed by atoms with Crippen molar-refractivity contribution in [3.8, 4) is 11.5 Å². The van der Waals surface area contributed by atoms with E-state index in [1.54, 1.807) is 24.3 Å². The third-order valence-corrected chi connectivity index (χ3v) is 4.61. The standard InChI is InChI=1S/C23H28F2N4O3/c1-2-26-23(28-14-17-7-3-4-9-20(17)32-22(24)25)27-13-16-6-5-8-19(12-16)31-15-21(30)29-18-10-11-18/h3-9,12,18,22H,2,10-11,13-15H2,1H3,(H,29,30)(H2,26,27,28). The first-order valence-electron chi connectivity index (χ1n) is 10.6. The quantitative estimate of drug-likeness (QED) is 0.365. The minimum absolute atomic E-state index is 0.0203. The number of alkyl halides is 2. The minimum Gasteiger partial charge on any atom is -0.484 e. The first-order chi connectivity index (χ1) is 15.5. The maximum Gasteiger partial charge on any atom is 0.387 e. The molecular weight excluding hydrogens is 418 g/mol. The van der Waals surface area contributed by atoms with Crippen molar-refractivity contribution >= 4 is 11.9 Å². The van der Waals surface area contributed by atoms with E-state index in [-0.39, 0.29) is 24.8 Å². The number of aliphatic imine (C=N–C) groups is 1. The topological polar surface area (TPSA) is 84.0 Å². The molecule has 1 amide bonds. The van der Waals surface area contributed by atoms with Crippen molar-refractivity contribution in [2.24, 2.45) is 4.99 Å². The molecule has 1 saturated carbocycles. The number of ether oxygens (including phenoxy) is 2. The van der Waals surface area contributed by atoms with E-state index < -0.39 is 6.61 Å². The monoisotopic (exact) mass is 446 g/mol. The molecule has 0 aliphatic heterocycles. The normalized spacial score (nSPS) is 13.6. The van der Waals surface area contributed by atoms with E-state index in [1.165, 1.54) is 6.07 Å². The Morgan fingerprint density at radius 3 is 2.72 bits per heavy atom. The number of guanidine groups is 1. The molecular formula is C23H28F2N4O3. The maximum absolute atomic E-state index is 12.6. The number of nitrogens with zero attached hydrogens (tertiary/aromatic N) is 1. The van der Waals surface area contributed by atoms with Crippen LogP contribution in [0.25, 0.3) is 0 Å². The lowest BCUT2D eigenvalue weighted by molar-refractivity contribution is -0.123. The number of para-hydroxylation sites is 1. The highest BCUT2D eigenvalue weighted by Crippen LogP contribution is 2.20. The molecule has 0 bridgehead atoms. The summed E-state index contributed by atoms with van der Waals surface area (Å²) in [6.07, 6.45) is 2.07. The fourth-order valence-corrected chi connectivity index (χ4v) is 2.93. The van der Waals surface area contributed by atoms with Gasteiger partial charge in [0.05, 0.1) is 6.54 Å². The second-order valence-electron chi connectivity index (χ2n) is 7.31. The van der Waals surface area contributed by atoms with E-state index >= 15 is 0 Å². The van der Waals surface area contributed by atoms with Crippen LogP contribution < -0.4 is 25.4 Å². The van der Waals surface area contributed by atoms with Crippen LogP contribution in [0.3, 0.4) is 0 Å². The Labute approximate surface area is 186 Å². The summed E-state index contributed by atoms with van der Waals surface area (Å²) in [5.41, 5.74) is 1.50. The van der Waals surface area contributed by atoms with E-state index in [2.05, 4.69) is 25.7 Å². The summed E-state index contributed by atoms with van der Waals surface area (Å²) >= 11 is 0. The SMILES string of the molecule is CCNC(=NCc1cccc(OCC(=O)NC2CC2)c1)NCc1ccccc1OC(F)F. The van der Waals surface area contributed by atoms with Gasteiger partial charge in [0.25, 0.3) is 5.91 Å². The molecule has 1 fully saturated rings. The van der Waals surface area contributed by atoms with Gasteiger partial charge in [-0.3, -0.25) is 4.79 Å². The molecule has 3 N–H and O–H groups in total. The fraction of sp³-hybridized carbons (Fsp3) is 0.391. The molecule has 0 heterocycles. The number of halogens is 2. The summed E-state index contributed by atoms with van der Waals surface area (Å²) in [5, 5.41) is 9.14. The van der Waals surface area contributed by atoms with Gasteiger partial charge in [0.2, 0.25) is 0 Å². The Morgan fingerprint density at radius 1 is 1.16 bits per heavy atom. The highest BCUT2D eigenvalue weighted by atomic mass is 19.3. The van der Waals surface area contributed by atoms with Crippen molar-refractivity contribution in [1.82, 2.24) is 16.0 Å². The third kappa shape index (κ3) is 8.05. The number of amides is 1. The first-order valence-corrected chi connectivity index (χ1v) is 10.6. The van der Waals surface area contributed by atoms with Crippen molar-refractivity contribution in [3.63, 3.8) is 0 Å². The summed E-state index contributed by atoms with van der Waals surface area (Å²) in [6, 6.07) is 14.3. The van der Waals surface area contributed by atoms with E-state index in [4.69, 9.17) is 4.74 Å². The van der Waals surface area contributed by atoms with Crippen LogP contribution in [-0.4, -0.2) is 37.7 Å². The van der Waals surface area contributed by atoms with Gasteiger partial charge in [-0.05, 0) is 43.5 Å². The van der Waals surface area contributed by atoms with Crippen LogP contribution in [0.5, 0.6) is 11.5 Å². The van der Waals surface area contributed by atoms with E-state index in [1.807, 2.05) is 25.1 Å². The molecule has 0 spiro atoms. The first kappa shape index (κ1) is 23.3. The molecule has 0 atom stereocenters. The van der Waals surface area contributed by atoms with Crippen molar-refractivity contribution in [2.45, 2.75) is 45.5 Å². The summed E-state index contributed by atoms with van der Waals surface area (Å²) in [6.45, 7) is 0.316. The van der Waals surface area contributed by atoms with E-state index in [0.717, 1.165) is 18.4 Å². The Bertz CT molecular complexity index is 920. The van der Waals surface area contributed by atoms with Crippen molar-refractivity contribution in [1.29, 1.82) is 0 Å². The number of carbonyl (C=O) groups is 1. The van der Waals surface area contributed by atoms with Gasteiger partial charge in [-0.25, -0.2) is 4.99 Å². The number of carbonyl (C=O) groups excluding carboxylic acids is 1. The Hall–Kier alpha value is -3.36. The number of nitrogens with one attached hydrogen (secondary N) is 3. The van der Waals surface area contributed by atoms with Gasteiger partial charge in [-0.15, -0.1) is 0 Å². The van der Waals surface area contributed by atoms with Crippen LogP contribution in [0.15, 0.2) is 53.5 Å². The molecule has 1 aliphatic carbocycles. The van der Waals surface area contributed by atoms with Crippen LogP contribution in [0.4, 0.5) is 8.78 Å². The van der Waals surface area contributed by atoms with Gasteiger partial charge in [0.15, 0.2) is 12.6 Å². The van der Waals surface area contributed by atoms with Crippen LogP contribution in [0, 0.1) is 0 Å². The largest absolute Gasteiger partial charge is 0.484 e. The zero-order chi connectivity index (χ0) is 22.8. The molecule has 2 aromatic carbocycles. The second kappa shape index (κ2) is 11.9. The predicted octanol–water partition coefficient (Wildman–Crippen LogP) is 3.20. The molecule has 7 nitrogen and oxygen atoms in total. The van der Waals surface area contributed by atoms with E-state index in [0.29, 0.717) is 36.4 Å². The predicted molar refractivity (Wildman–Crippen MR) is 118 cm³/mol. The van der Waals surface area contributed by atoms with E-state index in [9.17, 15) is 13.6 Å². The summed E-state index contributed by atoms with van der Waals surface area (Å²) in [4.78, 5) is 16.3. The van der Waals surface area contributed by atoms with Crippen molar-refractivity contribution < 1.29 is 23.0 Å². The van der Waals surface area contributed by atoms with Crippen molar-refractivity contribution in [3.05, 3.63) is 59.7 Å². The summed E-state index contributed by atoms with van der Waals surface area (Å²) in [5.74, 6) is 1.14. The smallest absolute Gasteiger partial charge is 0.387 e. The fourth-order valence-electron chi connectivity index (χ4n) is 2.93. The molecule has 0 saturated heterocycles. The lowest BCUT2D eigenvalue weighted by atomic mass is 10.2. The number of rotatable bonds is 11. The van der Waals surface area contributed by atoms with Gasteiger partial charge < -0.3 is 25.4 Å². The lowest BCUT2D eigenvalue weighted by Gasteiger charge is -2.14. The highest BCUT2D eigenvalue weighted by molar-refractivity contribution is 5.80. The molecule has 3 rings (SSSR count). The molecule has 1 aliphatic rings. The molecule has 9 heteroatoms. The number of benzene rings is 2. The average molecular weight is 446 g/mol. The van der Waals surface area contributed by atoms with Crippen LogP contribution >= 0.6 is 0 Å². The van der Waals surface area contributed by atoms with Crippen LogP contribution in [0.2, 0.25) is 0 Å². The second-order valence-corrected chi connectivity index (χ2v) is 7.31. The zero-order valence-corrected chi connectivity index (χ0v) is 17.9. The molecule has 0 unspecified atom stereocenters. The van der Waals surface area contributed by atoms with Crippen LogP contribution in [-0.2, 0) is 17.9 Å². The van der Waals surface area contributed by atoms with Gasteiger partial charge >= 0.3 is 6.61 Å². The van der Waals surface area contributed by atoms with Crippen LogP contribution in [0.1, 0.15) is 30.9 Å². The lowest BCUT2D eigenvalue weighted by Crippen LogP contribution is -2.36. The number of hydrogen-bond acceptors (Lipinski definition) is 4. The third-order valence-electron chi connectivity index (χ3n) is 4.61. The van der Waals surface area contributed by atoms with Gasteiger partial charge in [0.1, 0.15) is 11.5 Å². The number of hydrogen-bond donors (Lipinski definition) is 3. The molecule has 32 heavy (non-hydrogen) atoms. The summed E-state index contributed by atoms with van der Waals surface area (Å²) in [7, 11) is 0. The van der Waals surface area contributed by atoms with Gasteiger partial charge in [0, 0.05) is 24.7 Å². The molecule has 0 aromatic heterocycles. The molecule has 0 radical (unpaired) electrons. The Balaban J connectivity index is 1.56. The average Bonchev–Trinajstić information content (AvgIpc) is 3.59. The summed E-state index contributed by atoms with van der Waals surface area (Å²) < 4.78 is 35.4. The highest BCUT2D eigenvalue weighted by Gasteiger charge is 2.23.